The Hall–Kier alpha value is -2.08. The van der Waals surface area contributed by atoms with Gasteiger partial charge in [0.15, 0.2) is 5.65 Å². The number of benzene rings is 1. The molecule has 1 aliphatic rings. The summed E-state index contributed by atoms with van der Waals surface area (Å²) in [6.45, 7) is 5.57. The number of fused-ring (bicyclic) bond motifs is 1. The van der Waals surface area contributed by atoms with Crippen LogP contribution in [0.3, 0.4) is 0 Å². The molecule has 3 aromatic rings. The van der Waals surface area contributed by atoms with Crippen LogP contribution in [0.4, 0.5) is 5.82 Å². The summed E-state index contributed by atoms with van der Waals surface area (Å²) in [6, 6.07) is 10.6. The molecule has 118 valence electrons. The molecular weight excluding hydrogens is 306 g/mol. The second-order valence-corrected chi connectivity index (χ2v) is 7.32. The van der Waals surface area contributed by atoms with Crippen LogP contribution in [0.5, 0.6) is 0 Å². The molecule has 1 saturated heterocycles. The van der Waals surface area contributed by atoms with Gasteiger partial charge in [0.25, 0.3) is 0 Å². The number of para-hydroxylation sites is 1. The molecule has 3 heterocycles. The van der Waals surface area contributed by atoms with Gasteiger partial charge in [-0.05, 0) is 19.1 Å². The highest BCUT2D eigenvalue weighted by Gasteiger charge is 2.28. The van der Waals surface area contributed by atoms with Crippen LogP contribution in [-0.2, 0) is 0 Å². The van der Waals surface area contributed by atoms with E-state index < -0.39 is 0 Å². The van der Waals surface area contributed by atoms with Crippen LogP contribution in [0, 0.1) is 0 Å². The van der Waals surface area contributed by atoms with E-state index in [2.05, 4.69) is 33.8 Å². The molecule has 1 aliphatic heterocycles. The molecular formula is C17H19N5S. The second kappa shape index (κ2) is 5.85. The van der Waals surface area contributed by atoms with Crippen molar-refractivity contribution in [3.05, 3.63) is 42.9 Å². The van der Waals surface area contributed by atoms with Crippen LogP contribution in [0.15, 0.2) is 42.9 Å². The van der Waals surface area contributed by atoms with Crippen molar-refractivity contribution in [1.29, 1.82) is 0 Å². The number of nitrogens with zero attached hydrogens (tertiary/aromatic N) is 5. The van der Waals surface area contributed by atoms with Gasteiger partial charge in [0, 0.05) is 23.6 Å². The third-order valence-corrected chi connectivity index (χ3v) is 5.84. The molecule has 2 atom stereocenters. The SMILES string of the molecule is CC1SCCN(c2ncnc3c2cnn3-c2ccccc2)C1C. The molecule has 0 radical (unpaired) electrons. The first-order valence-corrected chi connectivity index (χ1v) is 8.93. The fourth-order valence-corrected chi connectivity index (χ4v) is 4.15. The number of aromatic nitrogens is 4. The second-order valence-electron chi connectivity index (χ2n) is 5.84. The van der Waals surface area contributed by atoms with Gasteiger partial charge >= 0.3 is 0 Å². The number of rotatable bonds is 2. The molecule has 0 saturated carbocycles. The van der Waals surface area contributed by atoms with Crippen molar-refractivity contribution in [3.63, 3.8) is 0 Å². The van der Waals surface area contributed by atoms with Crippen molar-refractivity contribution < 1.29 is 0 Å². The summed E-state index contributed by atoms with van der Waals surface area (Å²) in [6.07, 6.45) is 3.54. The van der Waals surface area contributed by atoms with Gasteiger partial charge in [-0.15, -0.1) is 0 Å². The largest absolute Gasteiger partial charge is 0.351 e. The third kappa shape index (κ3) is 2.47. The van der Waals surface area contributed by atoms with Gasteiger partial charge < -0.3 is 4.90 Å². The third-order valence-electron chi connectivity index (χ3n) is 4.50. The van der Waals surface area contributed by atoms with Crippen molar-refractivity contribution >= 4 is 28.6 Å². The van der Waals surface area contributed by atoms with Gasteiger partial charge in [-0.1, -0.05) is 25.1 Å². The zero-order chi connectivity index (χ0) is 15.8. The summed E-state index contributed by atoms with van der Waals surface area (Å²) in [5, 5.41) is 6.16. The molecule has 0 amide bonds. The van der Waals surface area contributed by atoms with Crippen LogP contribution in [0.1, 0.15) is 13.8 Å². The molecule has 2 unspecified atom stereocenters. The van der Waals surface area contributed by atoms with E-state index >= 15 is 0 Å². The van der Waals surface area contributed by atoms with E-state index in [0.717, 1.165) is 34.8 Å². The zero-order valence-corrected chi connectivity index (χ0v) is 14.1. The molecule has 6 heteroatoms. The van der Waals surface area contributed by atoms with E-state index in [1.807, 2.05) is 53.0 Å². The number of hydrogen-bond acceptors (Lipinski definition) is 5. The fraction of sp³-hybridized carbons (Fsp3) is 0.353. The first-order chi connectivity index (χ1) is 11.3. The highest BCUT2D eigenvalue weighted by Crippen LogP contribution is 2.32. The van der Waals surface area contributed by atoms with Crippen molar-refractivity contribution in [1.82, 2.24) is 19.7 Å². The molecule has 0 bridgehead atoms. The minimum absolute atomic E-state index is 0.451. The molecule has 0 N–H and O–H groups in total. The number of anilines is 1. The average Bonchev–Trinajstić information content (AvgIpc) is 3.02. The Kier molecular flexibility index (Phi) is 3.69. The van der Waals surface area contributed by atoms with Gasteiger partial charge in [-0.25, -0.2) is 14.6 Å². The zero-order valence-electron chi connectivity index (χ0n) is 13.3. The first kappa shape index (κ1) is 14.5. The Bertz CT molecular complexity index is 816. The van der Waals surface area contributed by atoms with Crippen LogP contribution in [0.2, 0.25) is 0 Å². The molecule has 1 aromatic carbocycles. The maximum absolute atomic E-state index is 4.57. The maximum atomic E-state index is 4.57. The molecule has 23 heavy (non-hydrogen) atoms. The molecule has 2 aromatic heterocycles. The summed E-state index contributed by atoms with van der Waals surface area (Å²) in [4.78, 5) is 11.4. The smallest absolute Gasteiger partial charge is 0.168 e. The maximum Gasteiger partial charge on any atom is 0.168 e. The lowest BCUT2D eigenvalue weighted by atomic mass is 10.2. The Balaban J connectivity index is 1.82. The van der Waals surface area contributed by atoms with Crippen LogP contribution < -0.4 is 4.90 Å². The van der Waals surface area contributed by atoms with Gasteiger partial charge in [0.05, 0.1) is 17.3 Å². The van der Waals surface area contributed by atoms with Gasteiger partial charge in [-0.2, -0.15) is 16.9 Å². The van der Waals surface area contributed by atoms with Gasteiger partial charge in [0.2, 0.25) is 0 Å². The van der Waals surface area contributed by atoms with Gasteiger partial charge in [-0.3, -0.25) is 0 Å². The summed E-state index contributed by atoms with van der Waals surface area (Å²) in [5.41, 5.74) is 1.88. The highest BCUT2D eigenvalue weighted by atomic mass is 32.2. The molecule has 1 fully saturated rings. The van der Waals surface area contributed by atoms with Crippen LogP contribution in [0.25, 0.3) is 16.7 Å². The van der Waals surface area contributed by atoms with E-state index in [1.54, 1.807) is 6.33 Å². The van der Waals surface area contributed by atoms with E-state index in [0.29, 0.717) is 11.3 Å². The Morgan fingerprint density at radius 2 is 1.96 bits per heavy atom. The number of thioether (sulfide) groups is 1. The lowest BCUT2D eigenvalue weighted by molar-refractivity contribution is 0.622. The van der Waals surface area contributed by atoms with E-state index in [9.17, 15) is 0 Å². The average molecular weight is 325 g/mol. The lowest BCUT2D eigenvalue weighted by Crippen LogP contribution is -2.45. The monoisotopic (exact) mass is 325 g/mol. The molecule has 5 nitrogen and oxygen atoms in total. The predicted molar refractivity (Wildman–Crippen MR) is 95.4 cm³/mol. The first-order valence-electron chi connectivity index (χ1n) is 7.88. The summed E-state index contributed by atoms with van der Waals surface area (Å²) >= 11 is 2.03. The number of hydrogen-bond donors (Lipinski definition) is 0. The molecule has 0 aliphatic carbocycles. The minimum atomic E-state index is 0.451. The van der Waals surface area contributed by atoms with Gasteiger partial charge in [0.1, 0.15) is 12.1 Å². The Labute approximate surface area is 139 Å². The van der Waals surface area contributed by atoms with Crippen LogP contribution >= 0.6 is 11.8 Å². The predicted octanol–water partition coefficient (Wildman–Crippen LogP) is 3.15. The van der Waals surface area contributed by atoms with E-state index in [4.69, 9.17) is 0 Å². The Morgan fingerprint density at radius 1 is 1.13 bits per heavy atom. The molecule has 4 rings (SSSR count). The topological polar surface area (TPSA) is 46.8 Å². The molecule has 0 spiro atoms. The normalized spacial score (nSPS) is 21.7. The summed E-state index contributed by atoms with van der Waals surface area (Å²) in [5.74, 6) is 2.13. The standard InChI is InChI=1S/C17H19N5S/c1-12-13(2)23-9-8-21(12)16-15-10-20-22(17(15)19-11-18-16)14-6-4-3-5-7-14/h3-7,10-13H,8-9H2,1-2H3. The Morgan fingerprint density at radius 3 is 2.78 bits per heavy atom. The summed E-state index contributed by atoms with van der Waals surface area (Å²) in [7, 11) is 0. The highest BCUT2D eigenvalue weighted by molar-refractivity contribution is 8.00. The van der Waals surface area contributed by atoms with E-state index in [1.165, 1.54) is 0 Å². The van der Waals surface area contributed by atoms with Crippen LogP contribution in [-0.4, -0.2) is 43.3 Å². The lowest BCUT2D eigenvalue weighted by Gasteiger charge is -2.38. The van der Waals surface area contributed by atoms with E-state index in [-0.39, 0.29) is 0 Å². The fourth-order valence-electron chi connectivity index (χ4n) is 3.05. The summed E-state index contributed by atoms with van der Waals surface area (Å²) < 4.78 is 1.88. The quantitative estimate of drug-likeness (QED) is 0.724. The van der Waals surface area contributed by atoms with Crippen molar-refractivity contribution in [2.75, 3.05) is 17.2 Å². The minimum Gasteiger partial charge on any atom is -0.351 e. The van der Waals surface area contributed by atoms with Crippen molar-refractivity contribution in [3.8, 4) is 5.69 Å². The van der Waals surface area contributed by atoms with Crippen molar-refractivity contribution in [2.24, 2.45) is 0 Å². The van der Waals surface area contributed by atoms with Crippen molar-refractivity contribution in [2.45, 2.75) is 25.1 Å².